The molecule has 1 aromatic heterocycles. The van der Waals surface area contributed by atoms with Gasteiger partial charge >= 0.3 is 6.98 Å². The van der Waals surface area contributed by atoms with Crippen LogP contribution in [-0.4, -0.2) is 12.0 Å². The maximum Gasteiger partial charge on any atom is 0.478 e. The van der Waals surface area contributed by atoms with Crippen molar-refractivity contribution in [3.05, 3.63) is 29.6 Å². The molecule has 0 saturated carbocycles. The number of aromatic nitrogens is 1. The highest BCUT2D eigenvalue weighted by molar-refractivity contribution is 6.58. The molecule has 1 aromatic rings. The molecule has 0 atom stereocenters. The van der Waals surface area contributed by atoms with E-state index in [9.17, 15) is 12.9 Å². The molecule has 1 heterocycles. The molecule has 0 spiro atoms. The summed E-state index contributed by atoms with van der Waals surface area (Å²) in [5, 5.41) is 0. The van der Waals surface area contributed by atoms with E-state index in [0.29, 0.717) is 5.69 Å². The molecule has 0 aliphatic heterocycles. The summed E-state index contributed by atoms with van der Waals surface area (Å²) < 4.78 is 35.6. The number of aryl methyl sites for hydroxylation is 2. The van der Waals surface area contributed by atoms with Crippen molar-refractivity contribution in [1.82, 2.24) is 4.98 Å². The standard InChI is InChI=1S/C8H10BF3N/c1-7-2-3-8(13-6-7)4-5-9(10,11)12/h2-3,6H,4-5H2,1H3/q-1. The van der Waals surface area contributed by atoms with Gasteiger partial charge in [-0.3, -0.25) is 4.98 Å². The second-order valence-corrected chi connectivity index (χ2v) is 3.08. The van der Waals surface area contributed by atoms with E-state index in [4.69, 9.17) is 0 Å². The fraction of sp³-hybridized carbons (Fsp3) is 0.375. The Labute approximate surface area is 75.0 Å². The Morgan fingerprint density at radius 2 is 2.00 bits per heavy atom. The van der Waals surface area contributed by atoms with Crippen molar-refractivity contribution in [3.63, 3.8) is 0 Å². The van der Waals surface area contributed by atoms with Crippen LogP contribution >= 0.6 is 0 Å². The summed E-state index contributed by atoms with van der Waals surface area (Å²) in [7, 11) is 0. The lowest BCUT2D eigenvalue weighted by molar-refractivity contribution is 0.467. The number of halogens is 3. The van der Waals surface area contributed by atoms with E-state index in [2.05, 4.69) is 4.98 Å². The van der Waals surface area contributed by atoms with Crippen molar-refractivity contribution in [3.8, 4) is 0 Å². The largest absolute Gasteiger partial charge is 0.478 e. The third-order valence-corrected chi connectivity index (χ3v) is 1.70. The zero-order valence-corrected chi connectivity index (χ0v) is 7.30. The SMILES string of the molecule is Cc1ccc(CC[B-](F)(F)F)nc1. The van der Waals surface area contributed by atoms with E-state index >= 15 is 0 Å². The van der Waals surface area contributed by atoms with Crippen LogP contribution in [0.2, 0.25) is 6.32 Å². The van der Waals surface area contributed by atoms with Crippen LogP contribution in [0.5, 0.6) is 0 Å². The van der Waals surface area contributed by atoms with Crippen molar-refractivity contribution in [2.75, 3.05) is 0 Å². The van der Waals surface area contributed by atoms with E-state index in [1.165, 1.54) is 0 Å². The van der Waals surface area contributed by atoms with Crippen molar-refractivity contribution in [2.24, 2.45) is 0 Å². The maximum absolute atomic E-state index is 11.9. The Hall–Kier alpha value is -0.995. The summed E-state index contributed by atoms with van der Waals surface area (Å²) in [5.74, 6) is 0. The van der Waals surface area contributed by atoms with Crippen LogP contribution in [0.25, 0.3) is 0 Å². The van der Waals surface area contributed by atoms with E-state index < -0.39 is 13.3 Å². The fourth-order valence-electron chi connectivity index (χ4n) is 0.958. The first-order chi connectivity index (χ1) is 5.97. The first kappa shape index (κ1) is 10.1. The molecule has 0 aliphatic carbocycles. The Morgan fingerprint density at radius 1 is 1.31 bits per heavy atom. The van der Waals surface area contributed by atoms with E-state index in [1.807, 2.05) is 6.92 Å². The molecular formula is C8H10BF3N-. The third kappa shape index (κ3) is 3.96. The van der Waals surface area contributed by atoms with Crippen LogP contribution in [0.4, 0.5) is 12.9 Å². The molecule has 0 fully saturated rings. The topological polar surface area (TPSA) is 12.9 Å². The summed E-state index contributed by atoms with van der Waals surface area (Å²) in [5.41, 5.74) is 1.46. The molecule has 0 aromatic carbocycles. The molecule has 0 bridgehead atoms. The van der Waals surface area contributed by atoms with Crippen LogP contribution < -0.4 is 0 Å². The Morgan fingerprint density at radius 3 is 2.46 bits per heavy atom. The molecule has 1 rings (SSSR count). The van der Waals surface area contributed by atoms with Gasteiger partial charge in [0.25, 0.3) is 0 Å². The molecule has 0 amide bonds. The minimum atomic E-state index is -4.68. The van der Waals surface area contributed by atoms with Gasteiger partial charge < -0.3 is 12.9 Å². The van der Waals surface area contributed by atoms with Crippen molar-refractivity contribution < 1.29 is 12.9 Å². The molecule has 72 valence electrons. The molecule has 13 heavy (non-hydrogen) atoms. The average molecular weight is 188 g/mol. The predicted molar refractivity (Wildman–Crippen MR) is 46.6 cm³/mol. The van der Waals surface area contributed by atoms with Gasteiger partial charge in [0.2, 0.25) is 0 Å². The monoisotopic (exact) mass is 188 g/mol. The molecule has 0 N–H and O–H groups in total. The van der Waals surface area contributed by atoms with Gasteiger partial charge in [0.05, 0.1) is 0 Å². The van der Waals surface area contributed by atoms with Crippen molar-refractivity contribution in [1.29, 1.82) is 0 Å². The summed E-state index contributed by atoms with van der Waals surface area (Å²) >= 11 is 0. The summed E-state index contributed by atoms with van der Waals surface area (Å²) in [4.78, 5) is 3.89. The fourth-order valence-corrected chi connectivity index (χ4v) is 0.958. The predicted octanol–water partition coefficient (Wildman–Crippen LogP) is 2.78. The zero-order valence-electron chi connectivity index (χ0n) is 7.30. The van der Waals surface area contributed by atoms with Gasteiger partial charge in [-0.15, -0.1) is 0 Å². The van der Waals surface area contributed by atoms with Gasteiger partial charge in [-0.05, 0) is 25.0 Å². The molecule has 1 nitrogen and oxygen atoms in total. The second kappa shape index (κ2) is 3.81. The Bertz CT molecular complexity index is 268. The smallest absolute Gasteiger partial charge is 0.449 e. The minimum absolute atomic E-state index is 0.0101. The van der Waals surface area contributed by atoms with Crippen LogP contribution in [0.15, 0.2) is 18.3 Å². The third-order valence-electron chi connectivity index (χ3n) is 1.70. The molecule has 0 aliphatic rings. The van der Waals surface area contributed by atoms with Crippen molar-refractivity contribution >= 4 is 6.98 Å². The van der Waals surface area contributed by atoms with Gasteiger partial charge in [0.1, 0.15) is 0 Å². The lowest BCUT2D eigenvalue weighted by Crippen LogP contribution is -2.15. The molecule has 5 heteroatoms. The summed E-state index contributed by atoms with van der Waals surface area (Å²) in [6.07, 6.45) is 0.832. The Kier molecular flexibility index (Phi) is 2.96. The Balaban J connectivity index is 2.51. The van der Waals surface area contributed by atoms with Gasteiger partial charge in [0.15, 0.2) is 0 Å². The first-order valence-corrected chi connectivity index (χ1v) is 4.10. The van der Waals surface area contributed by atoms with Gasteiger partial charge in [-0.1, -0.05) is 12.4 Å². The summed E-state index contributed by atoms with van der Waals surface area (Å²) in [6.45, 7) is -2.83. The van der Waals surface area contributed by atoms with E-state index in [0.717, 1.165) is 5.56 Å². The minimum Gasteiger partial charge on any atom is -0.449 e. The van der Waals surface area contributed by atoms with Crippen molar-refractivity contribution in [2.45, 2.75) is 19.7 Å². The van der Waals surface area contributed by atoms with Crippen LogP contribution in [0.1, 0.15) is 11.3 Å². The van der Waals surface area contributed by atoms with Gasteiger partial charge in [0, 0.05) is 11.9 Å². The van der Waals surface area contributed by atoms with Gasteiger partial charge in [-0.25, -0.2) is 0 Å². The normalized spacial score (nSPS) is 11.7. The highest BCUT2D eigenvalue weighted by atomic mass is 19.4. The molecule has 0 radical (unpaired) electrons. The summed E-state index contributed by atoms with van der Waals surface area (Å²) in [6, 6.07) is 3.41. The van der Waals surface area contributed by atoms with E-state index in [1.54, 1.807) is 18.3 Å². The number of hydrogen-bond acceptors (Lipinski definition) is 1. The average Bonchev–Trinajstić information content (AvgIpc) is 2.02. The number of rotatable bonds is 3. The van der Waals surface area contributed by atoms with Crippen LogP contribution in [0, 0.1) is 6.92 Å². The zero-order chi connectivity index (χ0) is 9.90. The van der Waals surface area contributed by atoms with E-state index in [-0.39, 0.29) is 6.42 Å². The van der Waals surface area contributed by atoms with Crippen LogP contribution in [-0.2, 0) is 6.42 Å². The molecule has 0 saturated heterocycles. The molecule has 0 unspecified atom stereocenters. The number of pyridine rings is 1. The number of nitrogens with zero attached hydrogens (tertiary/aromatic N) is 1. The lowest BCUT2D eigenvalue weighted by atomic mass is 9.83. The maximum atomic E-state index is 11.9. The molecular weight excluding hydrogens is 178 g/mol. The highest BCUT2D eigenvalue weighted by Crippen LogP contribution is 2.17. The highest BCUT2D eigenvalue weighted by Gasteiger charge is 2.22. The lowest BCUT2D eigenvalue weighted by Gasteiger charge is -2.12. The van der Waals surface area contributed by atoms with Crippen LogP contribution in [0.3, 0.4) is 0 Å². The number of hydrogen-bond donors (Lipinski definition) is 0. The van der Waals surface area contributed by atoms with Gasteiger partial charge in [-0.2, -0.15) is 0 Å². The second-order valence-electron chi connectivity index (χ2n) is 3.08. The first-order valence-electron chi connectivity index (χ1n) is 4.10. The quantitative estimate of drug-likeness (QED) is 0.664.